The minimum absolute atomic E-state index is 0.0190. The van der Waals surface area contributed by atoms with E-state index in [4.69, 9.17) is 15.8 Å². The van der Waals surface area contributed by atoms with Gasteiger partial charge in [0.1, 0.15) is 5.75 Å². The van der Waals surface area contributed by atoms with Crippen LogP contribution in [0.1, 0.15) is 35.2 Å². The molecular weight excluding hydrogens is 572 g/mol. The van der Waals surface area contributed by atoms with Crippen molar-refractivity contribution in [2.75, 3.05) is 4.90 Å². The molecule has 1 saturated carbocycles. The number of halogens is 2. The van der Waals surface area contributed by atoms with E-state index in [-0.39, 0.29) is 18.6 Å². The maximum absolute atomic E-state index is 13.7. The number of nitrogens with zero attached hydrogens (tertiary/aromatic N) is 5. The van der Waals surface area contributed by atoms with E-state index in [2.05, 4.69) is 26.4 Å². The largest absolute Gasteiger partial charge is 0.506 e. The molecule has 1 aliphatic carbocycles. The van der Waals surface area contributed by atoms with Gasteiger partial charge in [0.15, 0.2) is 11.5 Å². The number of nitrogens with two attached hydrogens (primary N) is 1. The lowest BCUT2D eigenvalue weighted by molar-refractivity contribution is -0.125. The van der Waals surface area contributed by atoms with Gasteiger partial charge in [-0.2, -0.15) is 5.10 Å². The number of benzene rings is 2. The summed E-state index contributed by atoms with van der Waals surface area (Å²) in [4.78, 5) is 15.9. The molecule has 0 spiro atoms. The monoisotopic (exact) mass is 599 g/mol. The van der Waals surface area contributed by atoms with Crippen molar-refractivity contribution in [1.82, 2.24) is 20.4 Å². The lowest BCUT2D eigenvalue weighted by atomic mass is 9.70. The topological polar surface area (TPSA) is 113 Å². The number of hydrazone groups is 1. The Morgan fingerprint density at radius 1 is 0.800 bits per heavy atom. The molecule has 0 radical (unpaired) electrons. The molecule has 1 unspecified atom stereocenters. The SMILES string of the molecule is NC1(c2ccc(-c3nc4c(cc3-c3ccccc3)N3C(=NNC3(c3cccnc3)c3cncc(O)c3)C=C4)cc2)CC(F)(F)C1. The fourth-order valence-corrected chi connectivity index (χ4v) is 6.65. The van der Waals surface area contributed by atoms with E-state index < -0.39 is 17.1 Å². The Morgan fingerprint density at radius 2 is 1.58 bits per heavy atom. The molecular formula is C35H27F2N7O. The Morgan fingerprint density at radius 3 is 2.29 bits per heavy atom. The van der Waals surface area contributed by atoms with Crippen LogP contribution in [0.3, 0.4) is 0 Å². The Bertz CT molecular complexity index is 1990. The first-order valence-corrected chi connectivity index (χ1v) is 14.5. The van der Waals surface area contributed by atoms with E-state index in [0.29, 0.717) is 22.7 Å². The van der Waals surface area contributed by atoms with E-state index >= 15 is 0 Å². The number of amidine groups is 1. The molecule has 5 aromatic rings. The molecule has 1 fully saturated rings. The fraction of sp³-hybridized carbons (Fsp3) is 0.143. The lowest BCUT2D eigenvalue weighted by Gasteiger charge is -2.44. The summed E-state index contributed by atoms with van der Waals surface area (Å²) in [5.41, 5.74) is 14.5. The first kappa shape index (κ1) is 27.1. The molecule has 8 rings (SSSR count). The summed E-state index contributed by atoms with van der Waals surface area (Å²) in [6.45, 7) is 0. The number of rotatable bonds is 5. The first-order chi connectivity index (χ1) is 21.8. The summed E-state index contributed by atoms with van der Waals surface area (Å²) >= 11 is 0. The molecule has 3 aliphatic rings. The second-order valence-electron chi connectivity index (χ2n) is 11.7. The quantitative estimate of drug-likeness (QED) is 0.222. The van der Waals surface area contributed by atoms with Gasteiger partial charge in [-0.25, -0.2) is 13.8 Å². The van der Waals surface area contributed by atoms with Crippen molar-refractivity contribution < 1.29 is 13.9 Å². The van der Waals surface area contributed by atoms with Crippen molar-refractivity contribution in [2.24, 2.45) is 10.8 Å². The predicted molar refractivity (Wildman–Crippen MR) is 168 cm³/mol. The van der Waals surface area contributed by atoms with E-state index in [1.165, 1.54) is 6.20 Å². The van der Waals surface area contributed by atoms with Crippen molar-refractivity contribution in [1.29, 1.82) is 0 Å². The smallest absolute Gasteiger partial charge is 0.252 e. The molecule has 0 amide bonds. The Kier molecular flexibility index (Phi) is 5.88. The third-order valence-electron chi connectivity index (χ3n) is 8.75. The zero-order valence-electron chi connectivity index (χ0n) is 23.9. The molecule has 4 N–H and O–H groups in total. The number of hydrogen-bond donors (Lipinski definition) is 3. The number of pyridine rings is 3. The molecule has 2 aliphatic heterocycles. The van der Waals surface area contributed by atoms with Crippen LogP contribution in [0.15, 0.2) is 115 Å². The van der Waals surface area contributed by atoms with Gasteiger partial charge in [-0.05, 0) is 41.5 Å². The molecule has 2 aromatic carbocycles. The fourth-order valence-electron chi connectivity index (χ4n) is 6.65. The van der Waals surface area contributed by atoms with Crippen LogP contribution in [0.5, 0.6) is 5.75 Å². The summed E-state index contributed by atoms with van der Waals surface area (Å²) < 4.78 is 27.4. The maximum Gasteiger partial charge on any atom is 0.252 e. The summed E-state index contributed by atoms with van der Waals surface area (Å²) in [6.07, 6.45) is 9.63. The van der Waals surface area contributed by atoms with Crippen LogP contribution in [-0.2, 0) is 11.2 Å². The van der Waals surface area contributed by atoms with Gasteiger partial charge >= 0.3 is 0 Å². The van der Waals surface area contributed by atoms with Gasteiger partial charge in [0, 0.05) is 53.7 Å². The standard InChI is InChI=1S/C35H27F2N7O/c36-34(37)20-33(38,21-34)24-10-8-23(9-11-24)32-28(22-5-2-1-3-6-22)16-30-29(41-32)12-13-31-42-43-35(44(30)31,25-7-4-14-39-17-25)26-15-27(45)19-40-18-26/h1-19,43,45H,20-21,38H2. The Balaban J connectivity index is 1.31. The molecule has 3 aromatic heterocycles. The zero-order valence-corrected chi connectivity index (χ0v) is 23.9. The highest BCUT2D eigenvalue weighted by molar-refractivity contribution is 6.14. The van der Waals surface area contributed by atoms with E-state index in [0.717, 1.165) is 33.6 Å². The van der Waals surface area contributed by atoms with Gasteiger partial charge in [0.25, 0.3) is 5.92 Å². The van der Waals surface area contributed by atoms with E-state index in [1.54, 1.807) is 24.7 Å². The predicted octanol–water partition coefficient (Wildman–Crippen LogP) is 6.15. The second-order valence-corrected chi connectivity index (χ2v) is 11.7. The number of aromatic hydroxyl groups is 1. The Labute approximate surface area is 257 Å². The van der Waals surface area contributed by atoms with Crippen LogP contribution in [0, 0.1) is 0 Å². The average molecular weight is 600 g/mol. The molecule has 1 atom stereocenters. The minimum atomic E-state index is -2.73. The Hall–Kier alpha value is -5.48. The van der Waals surface area contributed by atoms with Crippen molar-refractivity contribution in [3.8, 4) is 28.1 Å². The van der Waals surface area contributed by atoms with Crippen LogP contribution < -0.4 is 16.1 Å². The van der Waals surface area contributed by atoms with Crippen molar-refractivity contribution in [2.45, 2.75) is 30.0 Å². The van der Waals surface area contributed by atoms with Gasteiger partial charge < -0.3 is 10.8 Å². The van der Waals surface area contributed by atoms with Gasteiger partial charge in [-0.1, -0.05) is 60.7 Å². The molecule has 0 bridgehead atoms. The van der Waals surface area contributed by atoms with Crippen molar-refractivity contribution in [3.63, 3.8) is 0 Å². The minimum Gasteiger partial charge on any atom is -0.506 e. The number of hydrogen-bond acceptors (Lipinski definition) is 8. The van der Waals surface area contributed by atoms with Crippen LogP contribution in [0.2, 0.25) is 0 Å². The molecule has 5 heterocycles. The summed E-state index contributed by atoms with van der Waals surface area (Å²) in [6, 6.07) is 24.9. The number of anilines is 1. The normalized spacial score (nSPS) is 20.4. The molecule has 222 valence electrons. The third-order valence-corrected chi connectivity index (χ3v) is 8.75. The van der Waals surface area contributed by atoms with E-state index in [1.807, 2.05) is 78.9 Å². The van der Waals surface area contributed by atoms with Crippen LogP contribution in [0.4, 0.5) is 14.5 Å². The zero-order chi connectivity index (χ0) is 30.8. The molecule has 0 saturated heterocycles. The van der Waals surface area contributed by atoms with Crippen LogP contribution in [0.25, 0.3) is 28.5 Å². The second kappa shape index (κ2) is 9.76. The van der Waals surface area contributed by atoms with Crippen molar-refractivity contribution in [3.05, 3.63) is 132 Å². The van der Waals surface area contributed by atoms with Gasteiger partial charge in [-0.15, -0.1) is 0 Å². The summed E-state index contributed by atoms with van der Waals surface area (Å²) in [5.74, 6) is -2.06. The van der Waals surface area contributed by atoms with Crippen molar-refractivity contribution >= 4 is 17.6 Å². The molecule has 45 heavy (non-hydrogen) atoms. The molecule has 8 nitrogen and oxygen atoms in total. The lowest BCUT2D eigenvalue weighted by Crippen LogP contribution is -2.55. The highest BCUT2D eigenvalue weighted by Crippen LogP contribution is 2.50. The summed E-state index contributed by atoms with van der Waals surface area (Å²) in [5, 5.41) is 15.2. The average Bonchev–Trinajstić information content (AvgIpc) is 3.45. The van der Waals surface area contributed by atoms with Crippen LogP contribution >= 0.6 is 0 Å². The van der Waals surface area contributed by atoms with Crippen LogP contribution in [-0.4, -0.2) is 31.8 Å². The number of fused-ring (bicyclic) bond motifs is 3. The highest BCUT2D eigenvalue weighted by atomic mass is 19.3. The van der Waals surface area contributed by atoms with Gasteiger partial charge in [0.2, 0.25) is 0 Å². The number of alkyl halides is 2. The maximum atomic E-state index is 13.7. The van der Waals surface area contributed by atoms with E-state index in [9.17, 15) is 13.9 Å². The third kappa shape index (κ3) is 4.28. The van der Waals surface area contributed by atoms with Gasteiger partial charge in [0.05, 0.1) is 28.8 Å². The first-order valence-electron chi connectivity index (χ1n) is 14.5. The van der Waals surface area contributed by atoms with Gasteiger partial charge in [-0.3, -0.25) is 20.3 Å². The highest BCUT2D eigenvalue weighted by Gasteiger charge is 2.55. The number of nitrogens with one attached hydrogen (secondary N) is 1. The molecule has 10 heteroatoms. The number of aromatic nitrogens is 3. The summed E-state index contributed by atoms with van der Waals surface area (Å²) in [7, 11) is 0.